The van der Waals surface area contributed by atoms with Crippen LogP contribution in [0.1, 0.15) is 33.8 Å². The summed E-state index contributed by atoms with van der Waals surface area (Å²) in [4.78, 5) is 40.0. The van der Waals surface area contributed by atoms with Crippen LogP contribution in [0.5, 0.6) is 0 Å². The maximum absolute atomic E-state index is 12.2. The molecule has 0 saturated heterocycles. The number of aromatic nitrogens is 2. The summed E-state index contributed by atoms with van der Waals surface area (Å²) in [5, 5.41) is 0. The Morgan fingerprint density at radius 1 is 0.833 bits per heavy atom. The Morgan fingerprint density at radius 2 is 1.29 bits per heavy atom. The summed E-state index contributed by atoms with van der Waals surface area (Å²) in [7, 11) is 0. The van der Waals surface area contributed by atoms with E-state index in [0.29, 0.717) is 0 Å². The van der Waals surface area contributed by atoms with Crippen LogP contribution in [0, 0.1) is 0 Å². The van der Waals surface area contributed by atoms with Gasteiger partial charge in [-0.1, -0.05) is 36.5 Å². The highest BCUT2D eigenvalue weighted by atomic mass is 16.2. The van der Waals surface area contributed by atoms with E-state index in [4.69, 9.17) is 0 Å². The van der Waals surface area contributed by atoms with Crippen molar-refractivity contribution in [3.63, 3.8) is 0 Å². The molecule has 0 bridgehead atoms. The van der Waals surface area contributed by atoms with Crippen LogP contribution in [0.3, 0.4) is 0 Å². The molecule has 0 atom stereocenters. The second kappa shape index (κ2) is 7.32. The van der Waals surface area contributed by atoms with Crippen molar-refractivity contribution < 1.29 is 9.59 Å². The Kier molecular flexibility index (Phi) is 4.76. The number of amides is 2. The second-order valence-electron chi connectivity index (χ2n) is 5.13. The molecule has 6 heteroatoms. The van der Waals surface area contributed by atoms with Gasteiger partial charge in [-0.2, -0.15) is 0 Å². The van der Waals surface area contributed by atoms with Crippen molar-refractivity contribution in [3.05, 3.63) is 71.4 Å². The molecule has 0 N–H and O–H groups in total. The van der Waals surface area contributed by atoms with E-state index in [9.17, 15) is 9.59 Å². The smallest absolute Gasteiger partial charge is 0.265 e. The maximum Gasteiger partial charge on any atom is 0.298 e. The van der Waals surface area contributed by atoms with Crippen LogP contribution in [0.4, 0.5) is 0 Å². The largest absolute Gasteiger partial charge is 0.298 e. The molecule has 2 aliphatic rings. The fourth-order valence-corrected chi connectivity index (χ4v) is 2.18. The first-order valence-corrected chi connectivity index (χ1v) is 7.43. The third-order valence-corrected chi connectivity index (χ3v) is 3.40. The summed E-state index contributed by atoms with van der Waals surface area (Å²) in [6, 6.07) is 0. The first kappa shape index (κ1) is 15.6. The monoisotopic (exact) mass is 318 g/mol. The molecule has 1 aromatic heterocycles. The summed E-state index contributed by atoms with van der Waals surface area (Å²) >= 11 is 0. The van der Waals surface area contributed by atoms with Crippen LogP contribution in [-0.4, -0.2) is 34.2 Å². The van der Waals surface area contributed by atoms with Gasteiger partial charge in [0.1, 0.15) is 0 Å². The number of allylic oxidation sites excluding steroid dienone is 8. The van der Waals surface area contributed by atoms with Gasteiger partial charge < -0.3 is 0 Å². The molecule has 0 unspecified atom stereocenters. The molecular formula is C18H14N4O2. The van der Waals surface area contributed by atoms with Gasteiger partial charge in [-0.15, -0.1) is 0 Å². The van der Waals surface area contributed by atoms with Crippen molar-refractivity contribution in [2.75, 3.05) is 0 Å². The average molecular weight is 318 g/mol. The Hall–Kier alpha value is -3.28. The van der Waals surface area contributed by atoms with Crippen LogP contribution in [0.2, 0.25) is 0 Å². The number of hydrogen-bond donors (Lipinski definition) is 0. The van der Waals surface area contributed by atoms with Gasteiger partial charge in [-0.3, -0.25) is 9.59 Å². The lowest BCUT2D eigenvalue weighted by Gasteiger charge is -2.00. The van der Waals surface area contributed by atoms with E-state index < -0.39 is 11.8 Å². The molecule has 24 heavy (non-hydrogen) atoms. The van der Waals surface area contributed by atoms with Gasteiger partial charge in [-0.05, 0) is 24.0 Å². The standard InChI is InChI=1S/C18H14N4O2/c23-17(21-11-13-5-1-2-6-13)15-16(20-10-9-19-15)18(24)22-12-14-7-3-4-8-14/h1-5,7,9-12H,6,8H2. The summed E-state index contributed by atoms with van der Waals surface area (Å²) in [6.45, 7) is 0. The second-order valence-corrected chi connectivity index (χ2v) is 5.13. The maximum atomic E-state index is 12.2. The predicted molar refractivity (Wildman–Crippen MR) is 91.4 cm³/mol. The van der Waals surface area contributed by atoms with E-state index in [0.717, 1.165) is 24.0 Å². The number of carbonyl (C=O) groups is 2. The topological polar surface area (TPSA) is 84.6 Å². The Labute approximate surface area is 138 Å². The van der Waals surface area contributed by atoms with E-state index in [1.165, 1.54) is 24.8 Å². The minimum atomic E-state index is -0.615. The average Bonchev–Trinajstić information content (AvgIpc) is 3.31. The fraction of sp³-hybridized carbons (Fsp3) is 0.111. The molecule has 0 aliphatic heterocycles. The molecule has 6 nitrogen and oxygen atoms in total. The molecule has 2 aliphatic carbocycles. The number of aliphatic imine (C=N–C) groups is 2. The molecular weight excluding hydrogens is 304 g/mol. The highest BCUT2D eigenvalue weighted by Gasteiger charge is 2.19. The SMILES string of the molecule is O=C(N=CC1=CC=CC1)c1nccnc1C(=O)N=CC1=CC=CC1. The molecule has 2 amide bonds. The third-order valence-electron chi connectivity index (χ3n) is 3.40. The third kappa shape index (κ3) is 3.73. The molecule has 0 aromatic carbocycles. The van der Waals surface area contributed by atoms with Crippen LogP contribution in [-0.2, 0) is 0 Å². The minimum absolute atomic E-state index is 0.0963. The fourth-order valence-electron chi connectivity index (χ4n) is 2.18. The first-order valence-electron chi connectivity index (χ1n) is 7.43. The lowest BCUT2D eigenvalue weighted by Crippen LogP contribution is -2.11. The lowest BCUT2D eigenvalue weighted by molar-refractivity contribution is 0.0963. The van der Waals surface area contributed by atoms with Crippen molar-refractivity contribution in [2.24, 2.45) is 9.98 Å². The van der Waals surface area contributed by atoms with Gasteiger partial charge >= 0.3 is 0 Å². The van der Waals surface area contributed by atoms with Crippen LogP contribution in [0.25, 0.3) is 0 Å². The highest BCUT2D eigenvalue weighted by molar-refractivity contribution is 6.09. The van der Waals surface area contributed by atoms with E-state index >= 15 is 0 Å². The molecule has 0 saturated carbocycles. The zero-order valence-electron chi connectivity index (χ0n) is 12.8. The van der Waals surface area contributed by atoms with Gasteiger partial charge in [-0.25, -0.2) is 20.0 Å². The molecule has 3 rings (SSSR count). The molecule has 0 radical (unpaired) electrons. The lowest BCUT2D eigenvalue weighted by atomic mass is 10.2. The normalized spacial score (nSPS) is 16.2. The van der Waals surface area contributed by atoms with Crippen molar-refractivity contribution in [1.82, 2.24) is 9.97 Å². The van der Waals surface area contributed by atoms with E-state index in [1.807, 2.05) is 36.5 Å². The zero-order valence-corrected chi connectivity index (χ0v) is 12.8. The van der Waals surface area contributed by atoms with Gasteiger partial charge in [0, 0.05) is 24.8 Å². The first-order chi connectivity index (χ1) is 11.7. The van der Waals surface area contributed by atoms with E-state index in [-0.39, 0.29) is 11.4 Å². The predicted octanol–water partition coefficient (Wildman–Crippen LogP) is 2.67. The van der Waals surface area contributed by atoms with E-state index in [1.54, 1.807) is 0 Å². The highest BCUT2D eigenvalue weighted by Crippen LogP contribution is 2.11. The number of hydrogen-bond acceptors (Lipinski definition) is 4. The van der Waals surface area contributed by atoms with Crippen molar-refractivity contribution >= 4 is 24.2 Å². The van der Waals surface area contributed by atoms with Gasteiger partial charge in [0.05, 0.1) is 0 Å². The zero-order chi connectivity index (χ0) is 16.8. The minimum Gasteiger partial charge on any atom is -0.265 e. The number of nitrogens with zero attached hydrogens (tertiary/aromatic N) is 4. The molecule has 118 valence electrons. The summed E-state index contributed by atoms with van der Waals surface area (Å²) in [5.41, 5.74) is 1.64. The Bertz CT molecular complexity index is 787. The van der Waals surface area contributed by atoms with Crippen LogP contribution < -0.4 is 0 Å². The summed E-state index contributed by atoms with van der Waals surface area (Å²) in [6.07, 6.45) is 18.6. The van der Waals surface area contributed by atoms with Crippen molar-refractivity contribution in [2.45, 2.75) is 12.8 Å². The number of rotatable bonds is 4. The molecule has 1 heterocycles. The van der Waals surface area contributed by atoms with Crippen LogP contribution in [0.15, 0.2) is 70.0 Å². The molecule has 1 aromatic rings. The van der Waals surface area contributed by atoms with Gasteiger partial charge in [0.15, 0.2) is 11.4 Å². The van der Waals surface area contributed by atoms with Crippen molar-refractivity contribution in [1.29, 1.82) is 0 Å². The van der Waals surface area contributed by atoms with Gasteiger partial charge in [0.25, 0.3) is 11.8 Å². The molecule has 0 spiro atoms. The van der Waals surface area contributed by atoms with Crippen LogP contribution >= 0.6 is 0 Å². The summed E-state index contributed by atoms with van der Waals surface area (Å²) < 4.78 is 0. The molecule has 0 fully saturated rings. The van der Waals surface area contributed by atoms with E-state index in [2.05, 4.69) is 20.0 Å². The Morgan fingerprint density at radius 3 is 1.67 bits per heavy atom. The van der Waals surface area contributed by atoms with Crippen molar-refractivity contribution in [3.8, 4) is 0 Å². The quantitative estimate of drug-likeness (QED) is 0.799. The summed E-state index contributed by atoms with van der Waals surface area (Å²) in [5.74, 6) is -1.23. The van der Waals surface area contributed by atoms with Gasteiger partial charge in [0.2, 0.25) is 0 Å². The number of carbonyl (C=O) groups excluding carboxylic acids is 2. The Balaban J connectivity index is 1.76.